The van der Waals surface area contributed by atoms with E-state index in [0.29, 0.717) is 12.6 Å². The van der Waals surface area contributed by atoms with Crippen molar-refractivity contribution >= 4 is 0 Å². The Balaban J connectivity index is 2.76. The van der Waals surface area contributed by atoms with E-state index in [4.69, 9.17) is 4.74 Å². The number of rotatable bonds is 6. The Morgan fingerprint density at radius 2 is 2.00 bits per heavy atom. The lowest BCUT2D eigenvalue weighted by Gasteiger charge is -2.32. The Morgan fingerprint density at radius 3 is 2.50 bits per heavy atom. The molecule has 0 aliphatic rings. The molecule has 1 rings (SSSR count). The molecule has 0 radical (unpaired) electrons. The molecule has 102 valence electrons. The Labute approximate surface area is 110 Å². The molecular formula is C15H25NO2. The number of hydrogen-bond acceptors (Lipinski definition) is 3. The first kappa shape index (κ1) is 15.0. The van der Waals surface area contributed by atoms with Crippen LogP contribution < -0.4 is 4.74 Å². The lowest BCUT2D eigenvalue weighted by molar-refractivity contribution is 0.0225. The van der Waals surface area contributed by atoms with Gasteiger partial charge in [-0.15, -0.1) is 0 Å². The first-order valence-corrected chi connectivity index (χ1v) is 6.41. The first-order chi connectivity index (χ1) is 8.31. The molecule has 0 aliphatic heterocycles. The summed E-state index contributed by atoms with van der Waals surface area (Å²) >= 11 is 0. The summed E-state index contributed by atoms with van der Waals surface area (Å²) in [6, 6.07) is 8.46. The monoisotopic (exact) mass is 251 g/mol. The van der Waals surface area contributed by atoms with Crippen molar-refractivity contribution in [1.29, 1.82) is 0 Å². The third-order valence-corrected chi connectivity index (χ3v) is 2.84. The van der Waals surface area contributed by atoms with E-state index in [9.17, 15) is 5.11 Å². The second kappa shape index (κ2) is 6.21. The Hall–Kier alpha value is -1.06. The van der Waals surface area contributed by atoms with E-state index in [2.05, 4.69) is 24.8 Å². The van der Waals surface area contributed by atoms with Crippen LogP contribution in [-0.4, -0.2) is 35.3 Å². The highest BCUT2D eigenvalue weighted by molar-refractivity contribution is 5.28. The highest BCUT2D eigenvalue weighted by atomic mass is 16.5. The average molecular weight is 251 g/mol. The van der Waals surface area contributed by atoms with E-state index in [1.807, 2.05) is 32.0 Å². The van der Waals surface area contributed by atoms with Crippen molar-refractivity contribution in [3.05, 3.63) is 29.8 Å². The predicted molar refractivity (Wildman–Crippen MR) is 74.8 cm³/mol. The van der Waals surface area contributed by atoms with E-state index in [0.717, 1.165) is 12.3 Å². The fourth-order valence-corrected chi connectivity index (χ4v) is 1.92. The van der Waals surface area contributed by atoms with E-state index in [1.54, 1.807) is 7.11 Å². The molecule has 0 aromatic heterocycles. The molecule has 0 aliphatic carbocycles. The first-order valence-electron chi connectivity index (χ1n) is 6.41. The van der Waals surface area contributed by atoms with E-state index < -0.39 is 5.60 Å². The summed E-state index contributed by atoms with van der Waals surface area (Å²) in [5.74, 6) is 0.875. The summed E-state index contributed by atoms with van der Waals surface area (Å²) in [6.07, 6.45) is 0. The van der Waals surface area contributed by atoms with E-state index in [-0.39, 0.29) is 0 Å². The largest absolute Gasteiger partial charge is 0.497 e. The molecule has 1 aromatic rings. The molecule has 0 amide bonds. The van der Waals surface area contributed by atoms with Crippen LogP contribution in [0.1, 0.15) is 33.3 Å². The minimum absolute atomic E-state index is 0.391. The van der Waals surface area contributed by atoms with Gasteiger partial charge in [0.2, 0.25) is 0 Å². The normalized spacial score (nSPS) is 12.2. The molecule has 3 heteroatoms. The van der Waals surface area contributed by atoms with Crippen molar-refractivity contribution in [3.63, 3.8) is 0 Å². The molecule has 1 N–H and O–H groups in total. The highest BCUT2D eigenvalue weighted by Crippen LogP contribution is 2.17. The maximum absolute atomic E-state index is 9.95. The Morgan fingerprint density at radius 1 is 1.33 bits per heavy atom. The number of ether oxygens (including phenoxy) is 1. The van der Waals surface area contributed by atoms with Gasteiger partial charge in [-0.3, -0.25) is 4.90 Å². The van der Waals surface area contributed by atoms with Gasteiger partial charge in [-0.1, -0.05) is 12.1 Å². The van der Waals surface area contributed by atoms with Crippen molar-refractivity contribution in [2.24, 2.45) is 0 Å². The molecule has 18 heavy (non-hydrogen) atoms. The summed E-state index contributed by atoms with van der Waals surface area (Å²) in [5, 5.41) is 9.95. The molecule has 0 spiro atoms. The predicted octanol–water partition coefficient (Wildman–Crippen LogP) is 2.68. The summed E-state index contributed by atoms with van der Waals surface area (Å²) in [5.41, 5.74) is 0.524. The fourth-order valence-electron chi connectivity index (χ4n) is 1.92. The SMILES string of the molecule is COc1cccc(CN(CC(C)(C)O)C(C)C)c1. The lowest BCUT2D eigenvalue weighted by atomic mass is 10.1. The van der Waals surface area contributed by atoms with E-state index in [1.165, 1.54) is 5.56 Å². The number of hydrogen-bond donors (Lipinski definition) is 1. The summed E-state index contributed by atoms with van der Waals surface area (Å²) in [7, 11) is 1.68. The second-order valence-electron chi connectivity index (χ2n) is 5.66. The van der Waals surface area contributed by atoms with Gasteiger partial charge < -0.3 is 9.84 Å². The van der Waals surface area contributed by atoms with Crippen LogP contribution in [0.25, 0.3) is 0 Å². The molecule has 0 unspecified atom stereocenters. The zero-order valence-electron chi connectivity index (χ0n) is 12.1. The fraction of sp³-hybridized carbons (Fsp3) is 0.600. The van der Waals surface area contributed by atoms with Gasteiger partial charge in [0, 0.05) is 19.1 Å². The van der Waals surface area contributed by atoms with Crippen LogP contribution in [0.5, 0.6) is 5.75 Å². The Bertz CT molecular complexity index is 369. The third-order valence-electron chi connectivity index (χ3n) is 2.84. The van der Waals surface area contributed by atoms with Crippen molar-refractivity contribution < 1.29 is 9.84 Å². The minimum atomic E-state index is -0.677. The number of nitrogens with zero attached hydrogens (tertiary/aromatic N) is 1. The van der Waals surface area contributed by atoms with Gasteiger partial charge >= 0.3 is 0 Å². The molecule has 0 saturated carbocycles. The van der Waals surface area contributed by atoms with Crippen molar-refractivity contribution in [3.8, 4) is 5.75 Å². The van der Waals surface area contributed by atoms with Crippen LogP contribution in [0.3, 0.4) is 0 Å². The topological polar surface area (TPSA) is 32.7 Å². The molecular weight excluding hydrogens is 226 g/mol. The van der Waals surface area contributed by atoms with Gasteiger partial charge in [0.15, 0.2) is 0 Å². The van der Waals surface area contributed by atoms with Gasteiger partial charge in [-0.05, 0) is 45.4 Å². The van der Waals surface area contributed by atoms with Crippen molar-refractivity contribution in [1.82, 2.24) is 4.90 Å². The van der Waals surface area contributed by atoms with Gasteiger partial charge in [-0.2, -0.15) is 0 Å². The van der Waals surface area contributed by atoms with E-state index >= 15 is 0 Å². The van der Waals surface area contributed by atoms with Crippen LogP contribution >= 0.6 is 0 Å². The maximum Gasteiger partial charge on any atom is 0.119 e. The van der Waals surface area contributed by atoms with Crippen molar-refractivity contribution in [2.75, 3.05) is 13.7 Å². The highest BCUT2D eigenvalue weighted by Gasteiger charge is 2.20. The number of methoxy groups -OCH3 is 1. The number of aliphatic hydroxyl groups is 1. The van der Waals surface area contributed by atoms with Crippen LogP contribution in [-0.2, 0) is 6.54 Å². The second-order valence-corrected chi connectivity index (χ2v) is 5.66. The van der Waals surface area contributed by atoms with Crippen molar-refractivity contribution in [2.45, 2.75) is 45.9 Å². The van der Waals surface area contributed by atoms with Gasteiger partial charge in [0.05, 0.1) is 12.7 Å². The molecule has 0 heterocycles. The molecule has 1 aromatic carbocycles. The summed E-state index contributed by atoms with van der Waals surface area (Å²) < 4.78 is 5.23. The molecule has 3 nitrogen and oxygen atoms in total. The van der Waals surface area contributed by atoms with Gasteiger partial charge in [0.25, 0.3) is 0 Å². The zero-order valence-corrected chi connectivity index (χ0v) is 12.1. The van der Waals surface area contributed by atoms with Crippen LogP contribution in [0.15, 0.2) is 24.3 Å². The van der Waals surface area contributed by atoms with Gasteiger partial charge in [-0.25, -0.2) is 0 Å². The maximum atomic E-state index is 9.95. The van der Waals surface area contributed by atoms with Crippen LogP contribution in [0.4, 0.5) is 0 Å². The smallest absolute Gasteiger partial charge is 0.119 e. The molecule has 0 fully saturated rings. The number of benzene rings is 1. The van der Waals surface area contributed by atoms with Crippen LogP contribution in [0, 0.1) is 0 Å². The quantitative estimate of drug-likeness (QED) is 0.843. The summed E-state index contributed by atoms with van der Waals surface area (Å²) in [6.45, 7) is 9.44. The molecule has 0 bridgehead atoms. The standard InChI is InChI=1S/C15H25NO2/c1-12(2)16(11-15(3,4)17)10-13-7-6-8-14(9-13)18-5/h6-9,12,17H,10-11H2,1-5H3. The van der Waals surface area contributed by atoms with Gasteiger partial charge in [0.1, 0.15) is 5.75 Å². The average Bonchev–Trinajstić information content (AvgIpc) is 2.26. The molecule has 0 saturated heterocycles. The third kappa shape index (κ3) is 5.07. The minimum Gasteiger partial charge on any atom is -0.497 e. The lowest BCUT2D eigenvalue weighted by Crippen LogP contribution is -2.41. The molecule has 0 atom stereocenters. The Kier molecular flexibility index (Phi) is 5.17. The summed E-state index contributed by atoms with van der Waals surface area (Å²) in [4.78, 5) is 2.26. The van der Waals surface area contributed by atoms with Crippen LogP contribution in [0.2, 0.25) is 0 Å². The zero-order chi connectivity index (χ0) is 13.8.